The lowest BCUT2D eigenvalue weighted by molar-refractivity contribution is 0.908. The highest BCUT2D eigenvalue weighted by Crippen LogP contribution is 2.45. The lowest BCUT2D eigenvalue weighted by Crippen LogP contribution is -2.00. The van der Waals surface area contributed by atoms with Gasteiger partial charge in [-0.25, -0.2) is 4.98 Å². The van der Waals surface area contributed by atoms with Crippen molar-refractivity contribution < 1.29 is 13.7 Å². The summed E-state index contributed by atoms with van der Waals surface area (Å²) in [5.41, 5.74) is 5.27. The molecule has 204 valence electrons. The smallest absolute Gasteiger partial charge is 0.114 e. The van der Waals surface area contributed by atoms with E-state index >= 15 is 0 Å². The predicted molar refractivity (Wildman–Crippen MR) is 182 cm³/mol. The zero-order chi connectivity index (χ0) is 37.5. The number of aromatic nitrogens is 2. The van der Waals surface area contributed by atoms with Gasteiger partial charge in [0.15, 0.2) is 0 Å². The largest absolute Gasteiger partial charge is 0.296 e. The molecular formula is C41H30N2. The van der Waals surface area contributed by atoms with Crippen LogP contribution < -0.4 is 0 Å². The number of benzene rings is 7. The van der Waals surface area contributed by atoms with E-state index in [1.54, 1.807) is 12.1 Å². The number of rotatable bonds is 5. The monoisotopic (exact) mass is 560 g/mol. The van der Waals surface area contributed by atoms with E-state index in [9.17, 15) is 0 Å². The summed E-state index contributed by atoms with van der Waals surface area (Å²) in [7, 11) is 0. The van der Waals surface area contributed by atoms with E-state index in [1.807, 2.05) is 78.9 Å². The van der Waals surface area contributed by atoms with Crippen LogP contribution in [0.5, 0.6) is 0 Å². The lowest BCUT2D eigenvalue weighted by Gasteiger charge is -2.19. The minimum absolute atomic E-state index is 0.00302. The number of nitrogens with zero attached hydrogens (tertiary/aromatic N) is 2. The fraction of sp³-hybridized carbons (Fsp3) is 0.0488. The maximum atomic E-state index is 8.98. The SMILES string of the molecule is [2H]c1c([2H])c([2H])c(-c2ccc3c(-c4ccc(-n5c(CC)nc6ccccc65)cc4)c4ccccc4c(-c4c([2H])c([2H])c([2H])c([2H])c4[2H])c3c2)c([2H])c1[2H]. The van der Waals surface area contributed by atoms with Crippen molar-refractivity contribution in [3.8, 4) is 39.1 Å². The Morgan fingerprint density at radius 1 is 0.558 bits per heavy atom. The standard InChI is InChI=1S/C41H30N2/c1-2-39-42-37-19-11-12-20-38(37)43(39)32-24-21-30(22-25-32)40-33-17-9-10-18-34(33)41(29-15-7-4-8-16-29)36-27-31(23-26-35(36)40)28-13-5-3-6-14-28/h3-27H,2H2,1H3/i3D,4D,5D,6D,7D,8D,13D,14D,15D,16D. The summed E-state index contributed by atoms with van der Waals surface area (Å²) < 4.78 is 87.6. The second-order valence-corrected chi connectivity index (χ2v) is 10.3. The van der Waals surface area contributed by atoms with Crippen molar-refractivity contribution in [1.29, 1.82) is 0 Å². The van der Waals surface area contributed by atoms with Crippen molar-refractivity contribution >= 4 is 32.6 Å². The van der Waals surface area contributed by atoms with Gasteiger partial charge in [-0.3, -0.25) is 4.57 Å². The van der Waals surface area contributed by atoms with Crippen LogP contribution in [0.2, 0.25) is 0 Å². The molecule has 0 radical (unpaired) electrons. The molecular weight excluding hydrogens is 520 g/mol. The number of aryl methyl sites for hydroxylation is 1. The van der Waals surface area contributed by atoms with Crippen LogP contribution in [-0.4, -0.2) is 9.55 Å². The Morgan fingerprint density at radius 3 is 1.84 bits per heavy atom. The summed E-state index contributed by atoms with van der Waals surface area (Å²) in [4.78, 5) is 4.83. The van der Waals surface area contributed by atoms with Gasteiger partial charge in [0.05, 0.1) is 24.7 Å². The fourth-order valence-electron chi connectivity index (χ4n) is 6.06. The molecule has 0 amide bonds. The minimum Gasteiger partial charge on any atom is -0.296 e. The van der Waals surface area contributed by atoms with E-state index < -0.39 is 36.3 Å². The first-order chi connectivity index (χ1) is 25.4. The molecule has 0 saturated carbocycles. The number of para-hydroxylation sites is 2. The molecule has 43 heavy (non-hydrogen) atoms. The van der Waals surface area contributed by atoms with Gasteiger partial charge in [-0.05, 0) is 85.3 Å². The van der Waals surface area contributed by atoms with Gasteiger partial charge >= 0.3 is 0 Å². The molecule has 1 heterocycles. The second kappa shape index (κ2) is 10.4. The molecule has 0 atom stereocenters. The number of imidazole rings is 1. The van der Waals surface area contributed by atoms with Gasteiger partial charge < -0.3 is 0 Å². The van der Waals surface area contributed by atoms with Crippen LogP contribution in [0.1, 0.15) is 26.5 Å². The van der Waals surface area contributed by atoms with Crippen molar-refractivity contribution in [2.24, 2.45) is 0 Å². The molecule has 0 saturated heterocycles. The van der Waals surface area contributed by atoms with E-state index in [0.29, 0.717) is 27.3 Å². The van der Waals surface area contributed by atoms with Crippen LogP contribution in [0.3, 0.4) is 0 Å². The Kier molecular flexibility index (Phi) is 4.08. The number of hydrogen-bond acceptors (Lipinski definition) is 1. The van der Waals surface area contributed by atoms with Gasteiger partial charge in [0.1, 0.15) is 5.82 Å². The van der Waals surface area contributed by atoms with Gasteiger partial charge in [0, 0.05) is 12.1 Å². The van der Waals surface area contributed by atoms with Crippen molar-refractivity contribution in [2.75, 3.05) is 0 Å². The highest BCUT2D eigenvalue weighted by molar-refractivity contribution is 6.22. The molecule has 0 unspecified atom stereocenters. The Labute approximate surface area is 265 Å². The van der Waals surface area contributed by atoms with Crippen molar-refractivity contribution in [1.82, 2.24) is 9.55 Å². The quantitative estimate of drug-likeness (QED) is 0.191. The maximum absolute atomic E-state index is 8.98. The molecule has 2 heteroatoms. The third kappa shape index (κ3) is 4.23. The Bertz CT molecular complexity index is 2770. The van der Waals surface area contributed by atoms with Gasteiger partial charge in [0.25, 0.3) is 0 Å². The first-order valence-electron chi connectivity index (χ1n) is 19.1. The minimum atomic E-state index is -0.509. The van der Waals surface area contributed by atoms with E-state index in [1.165, 1.54) is 0 Å². The summed E-state index contributed by atoms with van der Waals surface area (Å²) in [6.45, 7) is 2.07. The average Bonchev–Trinajstić information content (AvgIpc) is 3.56. The van der Waals surface area contributed by atoms with Crippen LogP contribution in [0, 0.1) is 0 Å². The summed E-state index contributed by atoms with van der Waals surface area (Å²) >= 11 is 0. The number of hydrogen-bond donors (Lipinski definition) is 0. The molecule has 0 N–H and O–H groups in total. The van der Waals surface area contributed by atoms with Gasteiger partial charge in [-0.2, -0.15) is 0 Å². The van der Waals surface area contributed by atoms with Crippen molar-refractivity contribution in [2.45, 2.75) is 13.3 Å². The van der Waals surface area contributed by atoms with E-state index in [2.05, 4.69) is 11.5 Å². The van der Waals surface area contributed by atoms with E-state index in [0.717, 1.165) is 45.5 Å². The predicted octanol–water partition coefficient (Wildman–Crippen LogP) is 10.9. The zero-order valence-corrected chi connectivity index (χ0v) is 23.3. The van der Waals surface area contributed by atoms with Gasteiger partial charge in [0.2, 0.25) is 0 Å². The molecule has 0 spiro atoms. The van der Waals surface area contributed by atoms with Gasteiger partial charge in [-0.1, -0.05) is 128 Å². The third-order valence-electron chi connectivity index (χ3n) is 7.92. The Balaban J connectivity index is 1.47. The highest BCUT2D eigenvalue weighted by atomic mass is 15.1. The maximum Gasteiger partial charge on any atom is 0.114 e. The molecule has 0 aliphatic heterocycles. The summed E-state index contributed by atoms with van der Waals surface area (Å²) in [6, 6.07) is 24.5. The zero-order valence-electron chi connectivity index (χ0n) is 33.3. The normalized spacial score (nSPS) is 14.7. The second-order valence-electron chi connectivity index (χ2n) is 10.3. The Hall–Kier alpha value is -5.47. The molecule has 0 bridgehead atoms. The molecule has 0 aliphatic rings. The highest BCUT2D eigenvalue weighted by Gasteiger charge is 2.18. The van der Waals surface area contributed by atoms with Crippen LogP contribution in [-0.2, 0) is 6.42 Å². The fourth-order valence-corrected chi connectivity index (χ4v) is 6.06. The molecule has 1 aromatic heterocycles. The molecule has 0 aliphatic carbocycles. The summed E-state index contributed by atoms with van der Waals surface area (Å²) in [5.74, 6) is 0.929. The van der Waals surface area contributed by atoms with Crippen LogP contribution in [0.25, 0.3) is 71.6 Å². The van der Waals surface area contributed by atoms with E-state index in [4.69, 9.17) is 18.7 Å². The van der Waals surface area contributed by atoms with Gasteiger partial charge in [-0.15, -0.1) is 0 Å². The molecule has 8 rings (SSSR count). The molecule has 7 aromatic carbocycles. The number of fused-ring (bicyclic) bond motifs is 3. The lowest BCUT2D eigenvalue weighted by atomic mass is 9.85. The molecule has 0 fully saturated rings. The molecule has 8 aromatic rings. The topological polar surface area (TPSA) is 17.8 Å². The van der Waals surface area contributed by atoms with E-state index in [-0.39, 0.29) is 35.3 Å². The Morgan fingerprint density at radius 2 is 1.14 bits per heavy atom. The average molecular weight is 561 g/mol. The van der Waals surface area contributed by atoms with Crippen molar-refractivity contribution in [3.63, 3.8) is 0 Å². The summed E-state index contributed by atoms with van der Waals surface area (Å²) in [6.07, 6.45) is 0.737. The van der Waals surface area contributed by atoms with Crippen LogP contribution in [0.4, 0.5) is 0 Å². The summed E-state index contributed by atoms with van der Waals surface area (Å²) in [5, 5.41) is 2.60. The third-order valence-corrected chi connectivity index (χ3v) is 7.92. The molecule has 2 nitrogen and oxygen atoms in total. The van der Waals surface area contributed by atoms with Crippen LogP contribution >= 0.6 is 0 Å². The van der Waals surface area contributed by atoms with Crippen LogP contribution in [0.15, 0.2) is 151 Å². The first kappa shape index (κ1) is 16.8. The first-order valence-corrected chi connectivity index (χ1v) is 14.1. The van der Waals surface area contributed by atoms with Crippen molar-refractivity contribution in [3.05, 3.63) is 157 Å².